The third-order valence-corrected chi connectivity index (χ3v) is 7.52. The number of hydrogen-bond donors (Lipinski definition) is 3. The van der Waals surface area contributed by atoms with Gasteiger partial charge in [-0.1, -0.05) is 26.2 Å². The maximum absolute atomic E-state index is 12.3. The summed E-state index contributed by atoms with van der Waals surface area (Å²) >= 11 is 0. The van der Waals surface area contributed by atoms with Crippen LogP contribution in [0.15, 0.2) is 0 Å². The van der Waals surface area contributed by atoms with Crippen molar-refractivity contribution in [1.82, 2.24) is 0 Å². The average molecular weight is 383 g/mol. The van der Waals surface area contributed by atoms with Crippen LogP contribution in [0.4, 0.5) is 0 Å². The molecular formula is C23H42O4. The first kappa shape index (κ1) is 22.8. The summed E-state index contributed by atoms with van der Waals surface area (Å²) in [5.41, 5.74) is -1.76. The maximum atomic E-state index is 12.3. The minimum atomic E-state index is -1.26. The van der Waals surface area contributed by atoms with Gasteiger partial charge >= 0.3 is 0 Å². The van der Waals surface area contributed by atoms with Crippen LogP contribution >= 0.6 is 0 Å². The summed E-state index contributed by atoms with van der Waals surface area (Å²) in [6.07, 6.45) is 9.15. The molecule has 2 fully saturated rings. The summed E-state index contributed by atoms with van der Waals surface area (Å²) in [5, 5.41) is 30.6. The average Bonchev–Trinajstić information content (AvgIpc) is 2.86. The Kier molecular flexibility index (Phi) is 7.19. The van der Waals surface area contributed by atoms with E-state index in [1.54, 1.807) is 13.8 Å². The van der Waals surface area contributed by atoms with Crippen molar-refractivity contribution in [3.05, 3.63) is 0 Å². The third kappa shape index (κ3) is 5.77. The van der Waals surface area contributed by atoms with Crippen molar-refractivity contribution < 1.29 is 20.1 Å². The Hall–Kier alpha value is -0.450. The zero-order valence-corrected chi connectivity index (χ0v) is 18.1. The molecule has 2 saturated carbocycles. The van der Waals surface area contributed by atoms with Gasteiger partial charge in [0.2, 0.25) is 0 Å². The Labute approximate surface area is 165 Å². The first-order valence-electron chi connectivity index (χ1n) is 11.0. The molecule has 5 atom stereocenters. The lowest BCUT2D eigenvalue weighted by molar-refractivity contribution is -0.134. The van der Waals surface area contributed by atoms with Crippen LogP contribution in [0.25, 0.3) is 0 Å². The molecule has 0 aliphatic heterocycles. The number of hydrogen-bond acceptors (Lipinski definition) is 4. The molecule has 0 spiro atoms. The number of aliphatic hydroxyl groups is 3. The maximum Gasteiger partial charge on any atom is 0.163 e. The molecule has 0 amide bonds. The van der Waals surface area contributed by atoms with Gasteiger partial charge in [-0.15, -0.1) is 0 Å². The summed E-state index contributed by atoms with van der Waals surface area (Å²) < 4.78 is 0. The molecule has 158 valence electrons. The molecule has 4 nitrogen and oxygen atoms in total. The summed E-state index contributed by atoms with van der Waals surface area (Å²) in [6.45, 7) is 9.21. The Morgan fingerprint density at radius 2 is 1.78 bits per heavy atom. The molecular weight excluding hydrogens is 340 g/mol. The van der Waals surface area contributed by atoms with E-state index in [0.717, 1.165) is 51.4 Å². The number of carbonyl (C=O) groups is 1. The summed E-state index contributed by atoms with van der Waals surface area (Å²) in [5.74, 6) is 1.24. The highest BCUT2D eigenvalue weighted by Gasteiger charge is 2.52. The first-order valence-corrected chi connectivity index (χ1v) is 11.0. The van der Waals surface area contributed by atoms with Gasteiger partial charge in [0.25, 0.3) is 0 Å². The fourth-order valence-electron chi connectivity index (χ4n) is 5.93. The van der Waals surface area contributed by atoms with Crippen LogP contribution in [0.5, 0.6) is 0 Å². The van der Waals surface area contributed by atoms with Crippen LogP contribution in [-0.2, 0) is 4.79 Å². The molecule has 2 rings (SSSR count). The zero-order chi connectivity index (χ0) is 20.5. The molecule has 0 unspecified atom stereocenters. The Balaban J connectivity index is 2.09. The summed E-state index contributed by atoms with van der Waals surface area (Å²) in [6, 6.07) is 0. The molecule has 0 aromatic heterocycles. The van der Waals surface area contributed by atoms with Crippen LogP contribution < -0.4 is 0 Å². The van der Waals surface area contributed by atoms with E-state index in [2.05, 4.69) is 6.92 Å². The zero-order valence-electron chi connectivity index (χ0n) is 18.1. The van der Waals surface area contributed by atoms with Crippen molar-refractivity contribution >= 4 is 5.78 Å². The van der Waals surface area contributed by atoms with E-state index in [1.165, 1.54) is 6.42 Å². The lowest BCUT2D eigenvalue weighted by Gasteiger charge is -2.46. The van der Waals surface area contributed by atoms with Gasteiger partial charge in [0.05, 0.1) is 11.7 Å². The molecule has 0 aromatic carbocycles. The Morgan fingerprint density at radius 1 is 1.11 bits per heavy atom. The van der Waals surface area contributed by atoms with E-state index >= 15 is 0 Å². The van der Waals surface area contributed by atoms with Crippen molar-refractivity contribution in [3.63, 3.8) is 0 Å². The largest absolute Gasteiger partial charge is 0.393 e. The third-order valence-electron chi connectivity index (χ3n) is 7.52. The monoisotopic (exact) mass is 382 g/mol. The van der Waals surface area contributed by atoms with Crippen LogP contribution in [0.2, 0.25) is 0 Å². The standard InChI is InChI=1S/C23H42O4/c1-21(2,26)14-6-8-16(10-13-20(25)22(3,4)27)17-11-12-18-19(24)9-7-15-23(17,18)5/h16-19,24,26-27H,6-15H2,1-5H3/t16-,17+,18-,19-,23+/m0/s1. The Bertz CT molecular complexity index is 501. The van der Waals surface area contributed by atoms with E-state index in [1.807, 2.05) is 13.8 Å². The number of ketones is 1. The molecule has 0 saturated heterocycles. The van der Waals surface area contributed by atoms with Gasteiger partial charge in [-0.05, 0) is 89.4 Å². The number of aliphatic hydroxyl groups excluding tert-OH is 1. The highest BCUT2D eigenvalue weighted by atomic mass is 16.3. The number of fused-ring (bicyclic) bond motifs is 1. The number of carbonyl (C=O) groups excluding carboxylic acids is 1. The van der Waals surface area contributed by atoms with Gasteiger partial charge in [0.1, 0.15) is 5.60 Å². The second-order valence-electron chi connectivity index (χ2n) is 10.7. The SMILES string of the molecule is CC(C)(O)CCC[C@@H](CCC(=O)C(C)(C)O)[C@H]1CC[C@H]2[C@@H](O)CCC[C@]12C. The van der Waals surface area contributed by atoms with Crippen molar-refractivity contribution in [3.8, 4) is 0 Å². The van der Waals surface area contributed by atoms with Crippen LogP contribution in [0.3, 0.4) is 0 Å². The summed E-state index contributed by atoms with van der Waals surface area (Å²) in [7, 11) is 0. The van der Waals surface area contributed by atoms with Crippen LogP contribution in [-0.4, -0.2) is 38.4 Å². The minimum absolute atomic E-state index is 0.0848. The number of Topliss-reactive ketones (excluding diaryl/α,β-unsaturated/α-hetero) is 1. The first-order chi connectivity index (χ1) is 12.3. The van der Waals surface area contributed by atoms with E-state index in [9.17, 15) is 20.1 Å². The fraction of sp³-hybridized carbons (Fsp3) is 0.957. The highest BCUT2D eigenvalue weighted by Crippen LogP contribution is 2.59. The lowest BCUT2D eigenvalue weighted by atomic mass is 9.60. The molecule has 27 heavy (non-hydrogen) atoms. The van der Waals surface area contributed by atoms with Crippen LogP contribution in [0, 0.1) is 23.2 Å². The second kappa shape index (κ2) is 8.51. The predicted molar refractivity (Wildman–Crippen MR) is 108 cm³/mol. The van der Waals surface area contributed by atoms with Crippen molar-refractivity contribution in [2.24, 2.45) is 23.2 Å². The molecule has 2 aliphatic carbocycles. The lowest BCUT2D eigenvalue weighted by Crippen LogP contribution is -2.42. The molecule has 2 aliphatic rings. The van der Waals surface area contributed by atoms with Crippen molar-refractivity contribution in [1.29, 1.82) is 0 Å². The van der Waals surface area contributed by atoms with Crippen molar-refractivity contribution in [2.45, 2.75) is 116 Å². The van der Waals surface area contributed by atoms with E-state index in [4.69, 9.17) is 0 Å². The van der Waals surface area contributed by atoms with Gasteiger partial charge in [-0.2, -0.15) is 0 Å². The quantitative estimate of drug-likeness (QED) is 0.557. The van der Waals surface area contributed by atoms with E-state index < -0.39 is 11.2 Å². The van der Waals surface area contributed by atoms with Gasteiger partial charge in [-0.25, -0.2) is 0 Å². The molecule has 0 heterocycles. The predicted octanol–water partition coefficient (Wildman–Crippen LogP) is 4.24. The van der Waals surface area contributed by atoms with Gasteiger partial charge < -0.3 is 15.3 Å². The number of rotatable bonds is 9. The van der Waals surface area contributed by atoms with Gasteiger partial charge in [-0.3, -0.25) is 4.79 Å². The van der Waals surface area contributed by atoms with E-state index in [-0.39, 0.29) is 17.3 Å². The van der Waals surface area contributed by atoms with E-state index in [0.29, 0.717) is 24.2 Å². The molecule has 4 heteroatoms. The molecule has 3 N–H and O–H groups in total. The van der Waals surface area contributed by atoms with Crippen LogP contribution in [0.1, 0.15) is 98.8 Å². The van der Waals surface area contributed by atoms with Gasteiger partial charge in [0, 0.05) is 6.42 Å². The molecule has 0 radical (unpaired) electrons. The molecule has 0 bridgehead atoms. The Morgan fingerprint density at radius 3 is 2.37 bits per heavy atom. The summed E-state index contributed by atoms with van der Waals surface area (Å²) in [4.78, 5) is 12.3. The minimum Gasteiger partial charge on any atom is -0.393 e. The smallest absolute Gasteiger partial charge is 0.163 e. The normalized spacial score (nSPS) is 33.0. The van der Waals surface area contributed by atoms with Crippen molar-refractivity contribution in [2.75, 3.05) is 0 Å². The molecule has 0 aromatic rings. The second-order valence-corrected chi connectivity index (χ2v) is 10.7. The van der Waals surface area contributed by atoms with Gasteiger partial charge in [0.15, 0.2) is 5.78 Å². The highest BCUT2D eigenvalue weighted by molar-refractivity contribution is 5.86. The fourth-order valence-corrected chi connectivity index (χ4v) is 5.93. The topological polar surface area (TPSA) is 77.8 Å².